The van der Waals surface area contributed by atoms with Crippen molar-refractivity contribution in [2.45, 2.75) is 49.5 Å². The maximum absolute atomic E-state index is 5.79. The molecule has 2 rings (SSSR count). The number of hydrogen-bond donors (Lipinski definition) is 0. The van der Waals surface area contributed by atoms with Gasteiger partial charge in [-0.05, 0) is 25.7 Å². The smallest absolute Gasteiger partial charge is 0.0762 e. The minimum Gasteiger partial charge on any atom is -0.376 e. The average molecular weight is 232 g/mol. The zero-order valence-corrected chi connectivity index (χ0v) is 8.98. The fraction of sp³-hybridized carbons (Fsp3) is 0.900. The van der Waals surface area contributed by atoms with Crippen LogP contribution in [0.5, 0.6) is 0 Å². The molecule has 2 aliphatic rings. The Labute approximate surface area is 83.0 Å². The van der Waals surface area contributed by atoms with Crippen molar-refractivity contribution < 1.29 is 4.74 Å². The van der Waals surface area contributed by atoms with Crippen LogP contribution in [0.15, 0.2) is 0 Å². The van der Waals surface area contributed by atoms with Gasteiger partial charge in [-0.15, -0.1) is 0 Å². The minimum atomic E-state index is 0.446. The van der Waals surface area contributed by atoms with Gasteiger partial charge >= 0.3 is 0 Å². The third-order valence-electron chi connectivity index (χ3n) is 2.90. The maximum Gasteiger partial charge on any atom is 0.0762 e. The van der Waals surface area contributed by atoms with Crippen LogP contribution in [0, 0.1) is 5.92 Å². The number of rotatable bonds is 1. The average Bonchev–Trinajstić information content (AvgIpc) is 2.57. The highest BCUT2D eigenvalue weighted by Crippen LogP contribution is 2.37. The largest absolute Gasteiger partial charge is 0.376 e. The molecule has 0 bridgehead atoms. The Bertz CT molecular complexity index is 143. The summed E-state index contributed by atoms with van der Waals surface area (Å²) in [5, 5.41) is 0. The van der Waals surface area contributed by atoms with Gasteiger partial charge in [0.05, 0.1) is 6.10 Å². The van der Waals surface area contributed by atoms with E-state index in [9.17, 15) is 0 Å². The molecule has 1 saturated heterocycles. The maximum atomic E-state index is 5.79. The molecule has 2 fully saturated rings. The van der Waals surface area contributed by atoms with Crippen molar-refractivity contribution in [2.75, 3.05) is 6.61 Å². The predicted octanol–water partition coefficient (Wildman–Crippen LogP) is 3.08. The molecule has 1 aliphatic carbocycles. The summed E-state index contributed by atoms with van der Waals surface area (Å²) in [5.41, 5.74) is 0. The summed E-state index contributed by atoms with van der Waals surface area (Å²) in [5.74, 6) is 1.66. The second kappa shape index (κ2) is 4.10. The first kappa shape index (κ1) is 9.01. The SMILES string of the molecule is BrC1CCCOC1[C]1CCCC1. The summed E-state index contributed by atoms with van der Waals surface area (Å²) in [6, 6.07) is 0. The van der Waals surface area contributed by atoms with Gasteiger partial charge < -0.3 is 4.74 Å². The first-order valence-electron chi connectivity index (χ1n) is 4.98. The van der Waals surface area contributed by atoms with E-state index in [2.05, 4.69) is 15.9 Å². The molecule has 1 aliphatic heterocycles. The molecule has 0 aromatic carbocycles. The molecule has 1 nitrogen and oxygen atoms in total. The highest BCUT2D eigenvalue weighted by molar-refractivity contribution is 9.09. The highest BCUT2D eigenvalue weighted by atomic mass is 79.9. The van der Waals surface area contributed by atoms with Gasteiger partial charge in [0.25, 0.3) is 0 Å². The number of ether oxygens (including phenoxy) is 1. The van der Waals surface area contributed by atoms with Gasteiger partial charge in [-0.2, -0.15) is 0 Å². The van der Waals surface area contributed by atoms with Crippen molar-refractivity contribution in [1.82, 2.24) is 0 Å². The van der Waals surface area contributed by atoms with E-state index in [1.54, 1.807) is 5.92 Å². The molecule has 0 N–H and O–H groups in total. The zero-order chi connectivity index (χ0) is 8.39. The van der Waals surface area contributed by atoms with E-state index in [0.29, 0.717) is 10.9 Å². The lowest BCUT2D eigenvalue weighted by Crippen LogP contribution is -2.34. The summed E-state index contributed by atoms with van der Waals surface area (Å²) in [4.78, 5) is 0.597. The third kappa shape index (κ3) is 1.85. The quantitative estimate of drug-likeness (QED) is 0.631. The lowest BCUT2D eigenvalue weighted by molar-refractivity contribution is 0.0296. The van der Waals surface area contributed by atoms with Crippen LogP contribution in [0.1, 0.15) is 38.5 Å². The summed E-state index contributed by atoms with van der Waals surface area (Å²) in [6.45, 7) is 0.969. The van der Waals surface area contributed by atoms with E-state index in [4.69, 9.17) is 4.74 Å². The lowest BCUT2D eigenvalue weighted by Gasteiger charge is -2.31. The molecular weight excluding hydrogens is 216 g/mol. The van der Waals surface area contributed by atoms with E-state index < -0.39 is 0 Å². The van der Waals surface area contributed by atoms with Crippen molar-refractivity contribution in [3.63, 3.8) is 0 Å². The van der Waals surface area contributed by atoms with Gasteiger partial charge in [0.2, 0.25) is 0 Å². The Morgan fingerprint density at radius 3 is 2.58 bits per heavy atom. The van der Waals surface area contributed by atoms with Crippen LogP contribution in [-0.4, -0.2) is 17.5 Å². The van der Waals surface area contributed by atoms with Gasteiger partial charge in [0, 0.05) is 17.4 Å². The second-order valence-corrected chi connectivity index (χ2v) is 4.99. The van der Waals surface area contributed by atoms with E-state index in [1.165, 1.54) is 38.5 Å². The van der Waals surface area contributed by atoms with Crippen LogP contribution in [0.25, 0.3) is 0 Å². The van der Waals surface area contributed by atoms with Crippen LogP contribution in [0.4, 0.5) is 0 Å². The van der Waals surface area contributed by atoms with Crippen molar-refractivity contribution in [1.29, 1.82) is 0 Å². The molecule has 1 saturated carbocycles. The Kier molecular flexibility index (Phi) is 3.08. The fourth-order valence-corrected chi connectivity index (χ4v) is 3.08. The predicted molar refractivity (Wildman–Crippen MR) is 53.4 cm³/mol. The van der Waals surface area contributed by atoms with E-state index in [1.807, 2.05) is 0 Å². The van der Waals surface area contributed by atoms with E-state index >= 15 is 0 Å². The topological polar surface area (TPSA) is 9.23 Å². The van der Waals surface area contributed by atoms with E-state index in [-0.39, 0.29) is 0 Å². The normalized spacial score (nSPS) is 38.8. The van der Waals surface area contributed by atoms with Gasteiger partial charge in [0.15, 0.2) is 0 Å². The van der Waals surface area contributed by atoms with Crippen molar-refractivity contribution >= 4 is 15.9 Å². The molecule has 2 unspecified atom stereocenters. The molecule has 0 spiro atoms. The van der Waals surface area contributed by atoms with Crippen LogP contribution < -0.4 is 0 Å². The molecule has 0 amide bonds. The lowest BCUT2D eigenvalue weighted by atomic mass is 9.94. The Morgan fingerprint density at radius 1 is 1.17 bits per heavy atom. The first-order valence-corrected chi connectivity index (χ1v) is 5.90. The molecule has 12 heavy (non-hydrogen) atoms. The first-order chi connectivity index (χ1) is 5.88. The molecular formula is C10H16BrO. The van der Waals surface area contributed by atoms with Crippen molar-refractivity contribution in [3.05, 3.63) is 5.92 Å². The van der Waals surface area contributed by atoms with Gasteiger partial charge in [-0.3, -0.25) is 0 Å². The molecule has 1 heterocycles. The van der Waals surface area contributed by atoms with Crippen molar-refractivity contribution in [3.8, 4) is 0 Å². The summed E-state index contributed by atoms with van der Waals surface area (Å²) >= 11 is 3.72. The minimum absolute atomic E-state index is 0.446. The van der Waals surface area contributed by atoms with Gasteiger partial charge in [-0.1, -0.05) is 28.8 Å². The molecule has 2 heteroatoms. The van der Waals surface area contributed by atoms with Crippen LogP contribution in [0.3, 0.4) is 0 Å². The molecule has 69 valence electrons. The summed E-state index contributed by atoms with van der Waals surface area (Å²) < 4.78 is 5.79. The fourth-order valence-electron chi connectivity index (χ4n) is 2.23. The monoisotopic (exact) mass is 231 g/mol. The Hall–Kier alpha value is 0.440. The van der Waals surface area contributed by atoms with Crippen LogP contribution in [-0.2, 0) is 4.74 Å². The summed E-state index contributed by atoms with van der Waals surface area (Å²) in [6.07, 6.45) is 8.35. The van der Waals surface area contributed by atoms with Crippen LogP contribution in [0.2, 0.25) is 0 Å². The Morgan fingerprint density at radius 2 is 1.92 bits per heavy atom. The van der Waals surface area contributed by atoms with Crippen molar-refractivity contribution in [2.24, 2.45) is 0 Å². The van der Waals surface area contributed by atoms with Crippen LogP contribution >= 0.6 is 15.9 Å². The third-order valence-corrected chi connectivity index (χ3v) is 3.84. The molecule has 0 aromatic heterocycles. The number of halogens is 1. The van der Waals surface area contributed by atoms with Gasteiger partial charge in [0.1, 0.15) is 0 Å². The standard InChI is InChI=1S/C10H16BrO/c11-9-6-3-7-12-10(9)8-4-1-2-5-8/h9-10H,1-7H2. The number of hydrogen-bond acceptors (Lipinski definition) is 1. The highest BCUT2D eigenvalue weighted by Gasteiger charge is 2.33. The van der Waals surface area contributed by atoms with E-state index in [0.717, 1.165) is 6.61 Å². The second-order valence-electron chi connectivity index (χ2n) is 3.81. The molecule has 1 radical (unpaired) electrons. The van der Waals surface area contributed by atoms with Gasteiger partial charge in [-0.25, -0.2) is 0 Å². The summed E-state index contributed by atoms with van der Waals surface area (Å²) in [7, 11) is 0. The molecule has 2 atom stereocenters. The zero-order valence-electron chi connectivity index (χ0n) is 7.39. The number of alkyl halides is 1. The molecule has 0 aromatic rings. The Balaban J connectivity index is 1.91.